The van der Waals surface area contributed by atoms with Crippen molar-refractivity contribution in [2.45, 2.75) is 0 Å². The number of carboxylic acids is 1. The summed E-state index contributed by atoms with van der Waals surface area (Å²) in [5, 5.41) is 15.7. The van der Waals surface area contributed by atoms with Gasteiger partial charge in [0.25, 0.3) is 0 Å². The number of H-pyrrole nitrogens is 1. The fraction of sp³-hybridized carbons (Fsp3) is 0. The predicted octanol–water partition coefficient (Wildman–Crippen LogP) is 3.08. The van der Waals surface area contributed by atoms with Gasteiger partial charge in [0, 0.05) is 10.6 Å². The number of hydrogen-bond acceptors (Lipinski definition) is 2. The van der Waals surface area contributed by atoms with Gasteiger partial charge in [0.05, 0.1) is 0 Å². The van der Waals surface area contributed by atoms with Gasteiger partial charge in [-0.15, -0.1) is 0 Å². The van der Waals surface area contributed by atoms with Gasteiger partial charge in [-0.2, -0.15) is 5.10 Å². The summed E-state index contributed by atoms with van der Waals surface area (Å²) >= 11 is 11.6. The van der Waals surface area contributed by atoms with Crippen molar-refractivity contribution in [3.05, 3.63) is 40.0 Å². The number of aromatic carboxylic acids is 1. The van der Waals surface area contributed by atoms with Crippen molar-refractivity contribution < 1.29 is 9.90 Å². The van der Waals surface area contributed by atoms with E-state index in [1.807, 2.05) is 0 Å². The summed E-state index contributed by atoms with van der Waals surface area (Å²) in [6.07, 6.45) is 0. The van der Waals surface area contributed by atoms with Crippen LogP contribution in [0.3, 0.4) is 0 Å². The van der Waals surface area contributed by atoms with E-state index in [-0.39, 0.29) is 10.7 Å². The maximum absolute atomic E-state index is 10.7. The van der Waals surface area contributed by atoms with Crippen LogP contribution in [0.25, 0.3) is 11.3 Å². The van der Waals surface area contributed by atoms with Gasteiger partial charge in [-0.05, 0) is 12.1 Å². The lowest BCUT2D eigenvalue weighted by Crippen LogP contribution is -1.96. The van der Waals surface area contributed by atoms with Crippen LogP contribution in [0.2, 0.25) is 10.0 Å². The smallest absolute Gasteiger partial charge is 0.355 e. The molecule has 6 heteroatoms. The highest BCUT2D eigenvalue weighted by atomic mass is 35.5. The van der Waals surface area contributed by atoms with Gasteiger partial charge < -0.3 is 5.11 Å². The number of aromatic nitrogens is 2. The van der Waals surface area contributed by atoms with E-state index in [1.165, 1.54) is 0 Å². The van der Waals surface area contributed by atoms with Crippen LogP contribution >= 0.6 is 23.2 Å². The largest absolute Gasteiger partial charge is 0.476 e. The number of carbonyl (C=O) groups is 1. The summed E-state index contributed by atoms with van der Waals surface area (Å²) in [6, 6.07) is 6.80. The van der Waals surface area contributed by atoms with E-state index in [1.54, 1.807) is 24.3 Å². The van der Waals surface area contributed by atoms with Crippen molar-refractivity contribution in [2.24, 2.45) is 0 Å². The van der Waals surface area contributed by atoms with E-state index in [2.05, 4.69) is 10.2 Å². The molecule has 0 spiro atoms. The molecule has 0 saturated carbocycles. The minimum Gasteiger partial charge on any atom is -0.476 e. The van der Waals surface area contributed by atoms with Crippen LogP contribution in [-0.2, 0) is 0 Å². The average molecular weight is 257 g/mol. The van der Waals surface area contributed by atoms with E-state index >= 15 is 0 Å². The van der Waals surface area contributed by atoms with Gasteiger partial charge in [-0.3, -0.25) is 5.10 Å². The second-order valence-corrected chi connectivity index (χ2v) is 3.89. The number of hydrogen-bond donors (Lipinski definition) is 2. The summed E-state index contributed by atoms with van der Waals surface area (Å²) < 4.78 is 0. The summed E-state index contributed by atoms with van der Waals surface area (Å²) in [5.41, 5.74) is 0.987. The minimum absolute atomic E-state index is 0.0924. The van der Waals surface area contributed by atoms with Crippen LogP contribution in [-0.4, -0.2) is 21.3 Å². The summed E-state index contributed by atoms with van der Waals surface area (Å²) in [5.74, 6) is -1.14. The molecule has 0 saturated heterocycles. The quantitative estimate of drug-likeness (QED) is 0.868. The van der Waals surface area contributed by atoms with E-state index in [4.69, 9.17) is 28.3 Å². The van der Waals surface area contributed by atoms with E-state index in [0.717, 1.165) is 0 Å². The SMILES string of the molecule is O=C(O)c1[nH]nc(-c2ccc(Cl)cc2)c1Cl. The monoisotopic (exact) mass is 256 g/mol. The second-order valence-electron chi connectivity index (χ2n) is 3.07. The standard InChI is InChI=1S/C10H6Cl2N2O2/c11-6-3-1-5(2-4-6)8-7(12)9(10(15)16)14-13-8/h1-4H,(H,13,14)(H,15,16). The number of carboxylic acid groups (broad SMARTS) is 1. The van der Waals surface area contributed by atoms with Crippen LogP contribution in [0.5, 0.6) is 0 Å². The second kappa shape index (κ2) is 4.15. The molecule has 0 aliphatic heterocycles. The van der Waals surface area contributed by atoms with Crippen LogP contribution in [0, 0.1) is 0 Å². The van der Waals surface area contributed by atoms with Gasteiger partial charge >= 0.3 is 5.97 Å². The lowest BCUT2D eigenvalue weighted by Gasteiger charge is -1.97. The number of nitrogens with one attached hydrogen (secondary N) is 1. The van der Waals surface area contributed by atoms with E-state index < -0.39 is 5.97 Å². The Balaban J connectivity index is 2.49. The summed E-state index contributed by atoms with van der Waals surface area (Å²) in [4.78, 5) is 10.7. The van der Waals surface area contributed by atoms with Gasteiger partial charge in [-0.1, -0.05) is 35.3 Å². The predicted molar refractivity (Wildman–Crippen MR) is 61.0 cm³/mol. The van der Waals surface area contributed by atoms with Crippen molar-refractivity contribution in [2.75, 3.05) is 0 Å². The molecule has 0 unspecified atom stereocenters. The van der Waals surface area contributed by atoms with Gasteiger partial charge in [0.2, 0.25) is 0 Å². The normalized spacial score (nSPS) is 10.4. The highest BCUT2D eigenvalue weighted by molar-refractivity contribution is 6.35. The molecule has 82 valence electrons. The first-order valence-electron chi connectivity index (χ1n) is 4.32. The van der Waals surface area contributed by atoms with Crippen molar-refractivity contribution in [3.8, 4) is 11.3 Å². The van der Waals surface area contributed by atoms with Crippen LogP contribution in [0.4, 0.5) is 0 Å². The highest BCUT2D eigenvalue weighted by Gasteiger charge is 2.17. The lowest BCUT2D eigenvalue weighted by atomic mass is 10.1. The maximum atomic E-state index is 10.7. The molecule has 0 aliphatic carbocycles. The molecular weight excluding hydrogens is 251 g/mol. The third-order valence-electron chi connectivity index (χ3n) is 2.04. The molecule has 1 heterocycles. The molecule has 2 N–H and O–H groups in total. The summed E-state index contributed by atoms with van der Waals surface area (Å²) in [7, 11) is 0. The van der Waals surface area contributed by atoms with Crippen LogP contribution in [0.15, 0.2) is 24.3 Å². The van der Waals surface area contributed by atoms with Crippen LogP contribution in [0.1, 0.15) is 10.5 Å². The molecule has 0 atom stereocenters. The number of benzene rings is 1. The number of nitrogens with zero attached hydrogens (tertiary/aromatic N) is 1. The fourth-order valence-corrected chi connectivity index (χ4v) is 1.67. The highest BCUT2D eigenvalue weighted by Crippen LogP contribution is 2.29. The number of rotatable bonds is 2. The molecule has 0 amide bonds. The van der Waals surface area contributed by atoms with Gasteiger partial charge in [0.1, 0.15) is 10.7 Å². The fourth-order valence-electron chi connectivity index (χ4n) is 1.27. The Kier molecular flexibility index (Phi) is 2.85. The van der Waals surface area contributed by atoms with Crippen molar-refractivity contribution in [1.82, 2.24) is 10.2 Å². The summed E-state index contributed by atoms with van der Waals surface area (Å²) in [6.45, 7) is 0. The molecule has 0 bridgehead atoms. The van der Waals surface area contributed by atoms with Crippen LogP contribution < -0.4 is 0 Å². The molecule has 0 aliphatic rings. The zero-order valence-electron chi connectivity index (χ0n) is 7.87. The Morgan fingerprint density at radius 3 is 2.38 bits per heavy atom. The molecule has 4 nitrogen and oxygen atoms in total. The van der Waals surface area contributed by atoms with E-state index in [9.17, 15) is 4.79 Å². The minimum atomic E-state index is -1.14. The molecule has 0 radical (unpaired) electrons. The Morgan fingerprint density at radius 2 is 1.88 bits per heavy atom. The zero-order chi connectivity index (χ0) is 11.7. The number of halogens is 2. The zero-order valence-corrected chi connectivity index (χ0v) is 9.38. The van der Waals surface area contributed by atoms with Gasteiger partial charge in [0.15, 0.2) is 5.69 Å². The third-order valence-corrected chi connectivity index (χ3v) is 2.66. The average Bonchev–Trinajstić information content (AvgIpc) is 2.61. The van der Waals surface area contributed by atoms with Gasteiger partial charge in [-0.25, -0.2) is 4.79 Å². The first-order chi connectivity index (χ1) is 7.59. The number of aromatic amines is 1. The Bertz CT molecular complexity index is 534. The Hall–Kier alpha value is -1.52. The molecular formula is C10H6Cl2N2O2. The molecule has 1 aromatic carbocycles. The topological polar surface area (TPSA) is 66.0 Å². The first-order valence-corrected chi connectivity index (χ1v) is 5.08. The maximum Gasteiger partial charge on any atom is 0.355 e. The molecule has 2 rings (SSSR count). The van der Waals surface area contributed by atoms with Crippen molar-refractivity contribution >= 4 is 29.2 Å². The van der Waals surface area contributed by atoms with Crippen molar-refractivity contribution in [3.63, 3.8) is 0 Å². The molecule has 1 aromatic heterocycles. The first kappa shape index (κ1) is 11.0. The third kappa shape index (κ3) is 1.89. The Morgan fingerprint density at radius 1 is 1.25 bits per heavy atom. The van der Waals surface area contributed by atoms with Crippen molar-refractivity contribution in [1.29, 1.82) is 0 Å². The molecule has 16 heavy (non-hydrogen) atoms. The van der Waals surface area contributed by atoms with E-state index in [0.29, 0.717) is 16.3 Å². The molecule has 0 fully saturated rings. The Labute approximate surface area is 101 Å². The molecule has 2 aromatic rings. The lowest BCUT2D eigenvalue weighted by molar-refractivity contribution is 0.0690.